The second-order valence-electron chi connectivity index (χ2n) is 5.14. The van der Waals surface area contributed by atoms with Gasteiger partial charge in [-0.05, 0) is 30.9 Å². The standard InChI is InChI=1S/C14H19NO3S/c1-12-7-9-15(10-8-12)14(16)11-19(17,18)13-5-3-2-4-6-13/h2-6,12H,7-11H2,1H3. The van der Waals surface area contributed by atoms with E-state index in [-0.39, 0.29) is 10.8 Å². The van der Waals surface area contributed by atoms with Crippen LogP contribution in [0.3, 0.4) is 0 Å². The van der Waals surface area contributed by atoms with Gasteiger partial charge in [0, 0.05) is 13.1 Å². The molecule has 0 bridgehead atoms. The Bertz CT molecular complexity index is 531. The van der Waals surface area contributed by atoms with E-state index >= 15 is 0 Å². The van der Waals surface area contributed by atoms with Gasteiger partial charge in [-0.25, -0.2) is 8.42 Å². The van der Waals surface area contributed by atoms with Gasteiger partial charge in [0.05, 0.1) is 4.90 Å². The first-order chi connectivity index (χ1) is 8.99. The molecule has 1 aromatic carbocycles. The van der Waals surface area contributed by atoms with Crippen molar-refractivity contribution in [2.24, 2.45) is 5.92 Å². The summed E-state index contributed by atoms with van der Waals surface area (Å²) in [5.41, 5.74) is 0. The van der Waals surface area contributed by atoms with Crippen molar-refractivity contribution in [3.05, 3.63) is 30.3 Å². The van der Waals surface area contributed by atoms with E-state index in [0.29, 0.717) is 19.0 Å². The Labute approximate surface area is 114 Å². The van der Waals surface area contributed by atoms with E-state index < -0.39 is 15.6 Å². The number of rotatable bonds is 3. The summed E-state index contributed by atoms with van der Waals surface area (Å²) in [7, 11) is -3.51. The minimum Gasteiger partial charge on any atom is -0.342 e. The first kappa shape index (κ1) is 14.1. The predicted octanol–water partition coefficient (Wildman–Crippen LogP) is 1.72. The van der Waals surface area contributed by atoms with Crippen molar-refractivity contribution in [2.75, 3.05) is 18.8 Å². The molecule has 0 saturated carbocycles. The number of nitrogens with zero attached hydrogens (tertiary/aromatic N) is 1. The number of sulfone groups is 1. The van der Waals surface area contributed by atoms with E-state index in [1.54, 1.807) is 23.1 Å². The van der Waals surface area contributed by atoms with Crippen molar-refractivity contribution in [2.45, 2.75) is 24.7 Å². The zero-order valence-electron chi connectivity index (χ0n) is 11.1. The number of hydrogen-bond donors (Lipinski definition) is 0. The Morgan fingerprint density at radius 2 is 1.79 bits per heavy atom. The lowest BCUT2D eigenvalue weighted by atomic mass is 9.99. The summed E-state index contributed by atoms with van der Waals surface area (Å²) in [6, 6.07) is 8.15. The van der Waals surface area contributed by atoms with Gasteiger partial charge in [-0.15, -0.1) is 0 Å². The minimum absolute atomic E-state index is 0.216. The van der Waals surface area contributed by atoms with Crippen LogP contribution in [0.4, 0.5) is 0 Å². The molecule has 0 atom stereocenters. The zero-order valence-corrected chi connectivity index (χ0v) is 11.9. The highest BCUT2D eigenvalue weighted by Gasteiger charge is 2.25. The first-order valence-corrected chi connectivity index (χ1v) is 8.20. The van der Waals surface area contributed by atoms with E-state index in [9.17, 15) is 13.2 Å². The molecule has 1 aromatic rings. The van der Waals surface area contributed by atoms with Crippen molar-refractivity contribution in [1.29, 1.82) is 0 Å². The number of benzene rings is 1. The van der Waals surface area contributed by atoms with Gasteiger partial charge >= 0.3 is 0 Å². The monoisotopic (exact) mass is 281 g/mol. The van der Waals surface area contributed by atoms with Gasteiger partial charge in [-0.3, -0.25) is 4.79 Å². The van der Waals surface area contributed by atoms with Gasteiger partial charge in [0.2, 0.25) is 5.91 Å². The Balaban J connectivity index is 2.03. The number of carbonyl (C=O) groups excluding carboxylic acids is 1. The number of piperidine rings is 1. The van der Waals surface area contributed by atoms with Crippen molar-refractivity contribution in [3.63, 3.8) is 0 Å². The van der Waals surface area contributed by atoms with Crippen molar-refractivity contribution >= 4 is 15.7 Å². The molecule has 1 saturated heterocycles. The average molecular weight is 281 g/mol. The molecule has 1 aliphatic heterocycles. The second kappa shape index (κ2) is 5.74. The van der Waals surface area contributed by atoms with Crippen molar-refractivity contribution in [3.8, 4) is 0 Å². The van der Waals surface area contributed by atoms with Crippen LogP contribution in [0.2, 0.25) is 0 Å². The maximum absolute atomic E-state index is 12.1. The number of hydrogen-bond acceptors (Lipinski definition) is 3. The highest BCUT2D eigenvalue weighted by Crippen LogP contribution is 2.17. The molecule has 0 radical (unpaired) electrons. The van der Waals surface area contributed by atoms with Gasteiger partial charge in [0.1, 0.15) is 5.75 Å². The molecule has 1 amide bonds. The quantitative estimate of drug-likeness (QED) is 0.847. The molecule has 1 heterocycles. The molecule has 0 aromatic heterocycles. The third-order valence-corrected chi connectivity index (χ3v) is 5.17. The van der Waals surface area contributed by atoms with Crippen LogP contribution < -0.4 is 0 Å². The molecule has 0 spiro atoms. The smallest absolute Gasteiger partial charge is 0.238 e. The normalized spacial score (nSPS) is 17.4. The maximum Gasteiger partial charge on any atom is 0.238 e. The topological polar surface area (TPSA) is 54.5 Å². The lowest BCUT2D eigenvalue weighted by molar-refractivity contribution is -0.129. The van der Waals surface area contributed by atoms with E-state index in [1.807, 2.05) is 0 Å². The molecule has 4 nitrogen and oxygen atoms in total. The van der Waals surface area contributed by atoms with Gasteiger partial charge in [0.25, 0.3) is 0 Å². The Hall–Kier alpha value is -1.36. The fourth-order valence-electron chi connectivity index (χ4n) is 2.22. The molecule has 1 fully saturated rings. The van der Waals surface area contributed by atoms with Gasteiger partial charge in [-0.2, -0.15) is 0 Å². The van der Waals surface area contributed by atoms with Crippen molar-refractivity contribution in [1.82, 2.24) is 4.90 Å². The van der Waals surface area contributed by atoms with Crippen LogP contribution in [0, 0.1) is 5.92 Å². The molecule has 2 rings (SSSR count). The highest BCUT2D eigenvalue weighted by atomic mass is 32.2. The predicted molar refractivity (Wildman–Crippen MR) is 73.5 cm³/mol. The second-order valence-corrected chi connectivity index (χ2v) is 7.13. The van der Waals surface area contributed by atoms with Gasteiger partial charge in [-0.1, -0.05) is 25.1 Å². The summed E-state index contributed by atoms with van der Waals surface area (Å²) in [6.45, 7) is 3.50. The van der Waals surface area contributed by atoms with Crippen LogP contribution in [-0.2, 0) is 14.6 Å². The summed E-state index contributed by atoms with van der Waals surface area (Å²) in [4.78, 5) is 13.9. The molecular weight excluding hydrogens is 262 g/mol. The van der Waals surface area contributed by atoms with Crippen LogP contribution in [0.5, 0.6) is 0 Å². The van der Waals surface area contributed by atoms with Gasteiger partial charge < -0.3 is 4.90 Å². The summed E-state index contributed by atoms with van der Waals surface area (Å²) in [6.07, 6.45) is 1.91. The van der Waals surface area contributed by atoms with E-state index in [4.69, 9.17) is 0 Å². The highest BCUT2D eigenvalue weighted by molar-refractivity contribution is 7.92. The number of amides is 1. The third kappa shape index (κ3) is 3.56. The van der Waals surface area contributed by atoms with E-state index in [2.05, 4.69) is 6.92 Å². The Kier molecular flexibility index (Phi) is 4.24. The molecule has 0 unspecified atom stereocenters. The molecule has 1 aliphatic rings. The summed E-state index contributed by atoms with van der Waals surface area (Å²) >= 11 is 0. The lowest BCUT2D eigenvalue weighted by Gasteiger charge is -2.30. The summed E-state index contributed by atoms with van der Waals surface area (Å²) in [5.74, 6) is -0.0867. The molecule has 0 aliphatic carbocycles. The van der Waals surface area contributed by atoms with Crippen molar-refractivity contribution < 1.29 is 13.2 Å². The molecule has 104 valence electrons. The lowest BCUT2D eigenvalue weighted by Crippen LogP contribution is -2.41. The van der Waals surface area contributed by atoms with Crippen LogP contribution in [0.25, 0.3) is 0 Å². The summed E-state index contributed by atoms with van der Waals surface area (Å²) in [5, 5.41) is 0. The Morgan fingerprint density at radius 1 is 1.21 bits per heavy atom. The van der Waals surface area contributed by atoms with Crippen LogP contribution in [0.15, 0.2) is 35.2 Å². The largest absolute Gasteiger partial charge is 0.342 e. The Morgan fingerprint density at radius 3 is 2.37 bits per heavy atom. The molecule has 19 heavy (non-hydrogen) atoms. The van der Waals surface area contributed by atoms with E-state index in [0.717, 1.165) is 12.8 Å². The fraction of sp³-hybridized carbons (Fsp3) is 0.500. The fourth-order valence-corrected chi connectivity index (χ4v) is 3.47. The maximum atomic E-state index is 12.1. The zero-order chi connectivity index (χ0) is 13.9. The van der Waals surface area contributed by atoms with Gasteiger partial charge in [0.15, 0.2) is 9.84 Å². The molecule has 5 heteroatoms. The minimum atomic E-state index is -3.51. The number of carbonyl (C=O) groups is 1. The van der Waals surface area contributed by atoms with E-state index in [1.165, 1.54) is 12.1 Å². The molecular formula is C14H19NO3S. The third-order valence-electron chi connectivity index (χ3n) is 3.55. The number of likely N-dealkylation sites (tertiary alicyclic amines) is 1. The molecule has 0 N–H and O–H groups in total. The van der Waals surface area contributed by atoms with Crippen LogP contribution in [0.1, 0.15) is 19.8 Å². The first-order valence-electron chi connectivity index (χ1n) is 6.54. The summed E-state index contributed by atoms with van der Waals surface area (Å²) < 4.78 is 24.2. The average Bonchev–Trinajstić information content (AvgIpc) is 2.40. The SMILES string of the molecule is CC1CCN(C(=O)CS(=O)(=O)c2ccccc2)CC1. The van der Waals surface area contributed by atoms with Crippen LogP contribution in [-0.4, -0.2) is 38.1 Å². The van der Waals surface area contributed by atoms with Crippen LogP contribution >= 0.6 is 0 Å².